The summed E-state index contributed by atoms with van der Waals surface area (Å²) in [5, 5.41) is 8.41. The number of nitrogens with one attached hydrogen (secondary N) is 2. The van der Waals surface area contributed by atoms with Crippen LogP contribution in [-0.2, 0) is 6.54 Å². The molecule has 0 fully saturated rings. The monoisotopic (exact) mass is 326 g/mol. The molecule has 2 aromatic carbocycles. The molecule has 2 N–H and O–H groups in total. The van der Waals surface area contributed by atoms with Crippen molar-refractivity contribution in [3.63, 3.8) is 0 Å². The summed E-state index contributed by atoms with van der Waals surface area (Å²) in [7, 11) is 0. The van der Waals surface area contributed by atoms with Crippen LogP contribution in [0.2, 0.25) is 5.02 Å². The highest BCUT2D eigenvalue weighted by Gasteiger charge is 2.07. The quantitative estimate of drug-likeness (QED) is 0.688. The molecule has 0 saturated heterocycles. The summed E-state index contributed by atoms with van der Waals surface area (Å²) < 4.78 is 0. The van der Waals surface area contributed by atoms with Crippen molar-refractivity contribution in [2.24, 2.45) is 0 Å². The summed E-state index contributed by atoms with van der Waals surface area (Å²) in [5.41, 5.74) is 1.94. The van der Waals surface area contributed by atoms with E-state index in [0.29, 0.717) is 12.5 Å². The number of fused-ring (bicyclic) bond motifs is 1. The number of aromatic nitrogens is 2. The molecule has 5 heteroatoms. The van der Waals surface area contributed by atoms with E-state index < -0.39 is 0 Å². The van der Waals surface area contributed by atoms with Crippen LogP contribution in [0.5, 0.6) is 0 Å². The van der Waals surface area contributed by atoms with Gasteiger partial charge in [0.2, 0.25) is 5.95 Å². The van der Waals surface area contributed by atoms with Gasteiger partial charge in [0.1, 0.15) is 5.82 Å². The topological polar surface area (TPSA) is 49.8 Å². The molecular formula is C18H19ClN4. The highest BCUT2D eigenvalue weighted by Crippen LogP contribution is 2.22. The number of anilines is 2. The van der Waals surface area contributed by atoms with Gasteiger partial charge in [0.05, 0.1) is 5.52 Å². The first-order chi connectivity index (χ1) is 11.3. The standard InChI is InChI=1S/C18H19ClN4/c1-2-11-20-17-14-8-4-6-10-16(14)22-18(23-17)21-12-13-7-3-5-9-15(13)19/h3-10H,2,11-12H2,1H3,(H2,20,21,22,23). The summed E-state index contributed by atoms with van der Waals surface area (Å²) in [6.07, 6.45) is 1.04. The number of para-hydroxylation sites is 1. The maximum atomic E-state index is 6.19. The highest BCUT2D eigenvalue weighted by atomic mass is 35.5. The van der Waals surface area contributed by atoms with Crippen molar-refractivity contribution in [3.05, 3.63) is 59.1 Å². The molecule has 0 bridgehead atoms. The molecule has 0 spiro atoms. The molecule has 23 heavy (non-hydrogen) atoms. The third-order valence-corrected chi connectivity index (χ3v) is 3.91. The molecule has 4 nitrogen and oxygen atoms in total. The van der Waals surface area contributed by atoms with Gasteiger partial charge in [0.25, 0.3) is 0 Å². The van der Waals surface area contributed by atoms with E-state index in [2.05, 4.69) is 27.5 Å². The lowest BCUT2D eigenvalue weighted by molar-refractivity contribution is 0.967. The lowest BCUT2D eigenvalue weighted by atomic mass is 10.2. The molecule has 0 aliphatic carbocycles. The van der Waals surface area contributed by atoms with Gasteiger partial charge in [-0.15, -0.1) is 0 Å². The molecule has 118 valence electrons. The summed E-state index contributed by atoms with van der Waals surface area (Å²) in [6.45, 7) is 3.60. The second-order valence-corrected chi connectivity index (χ2v) is 5.69. The maximum absolute atomic E-state index is 6.19. The Kier molecular flexibility index (Phi) is 4.93. The predicted octanol–water partition coefficient (Wildman–Crippen LogP) is 4.72. The van der Waals surface area contributed by atoms with Gasteiger partial charge >= 0.3 is 0 Å². The molecular weight excluding hydrogens is 308 g/mol. The number of rotatable bonds is 6. The minimum absolute atomic E-state index is 0.589. The van der Waals surface area contributed by atoms with Gasteiger partial charge in [-0.2, -0.15) is 4.98 Å². The van der Waals surface area contributed by atoms with E-state index in [1.54, 1.807) is 0 Å². The van der Waals surface area contributed by atoms with Crippen LogP contribution in [0.15, 0.2) is 48.5 Å². The van der Waals surface area contributed by atoms with E-state index in [1.807, 2.05) is 48.5 Å². The normalized spacial score (nSPS) is 10.7. The van der Waals surface area contributed by atoms with Crippen molar-refractivity contribution in [2.45, 2.75) is 19.9 Å². The molecule has 3 aromatic rings. The van der Waals surface area contributed by atoms with E-state index in [1.165, 1.54) is 0 Å². The minimum atomic E-state index is 0.589. The fraction of sp³-hybridized carbons (Fsp3) is 0.222. The van der Waals surface area contributed by atoms with Gasteiger partial charge < -0.3 is 10.6 Å². The number of nitrogens with zero attached hydrogens (tertiary/aromatic N) is 2. The zero-order valence-electron chi connectivity index (χ0n) is 13.0. The zero-order chi connectivity index (χ0) is 16.1. The number of benzene rings is 2. The van der Waals surface area contributed by atoms with Crippen LogP contribution in [0.4, 0.5) is 11.8 Å². The summed E-state index contributed by atoms with van der Waals surface area (Å²) >= 11 is 6.19. The van der Waals surface area contributed by atoms with Crippen molar-refractivity contribution in [1.29, 1.82) is 0 Å². The molecule has 0 saturated carbocycles. The number of hydrogen-bond acceptors (Lipinski definition) is 4. The van der Waals surface area contributed by atoms with E-state index in [9.17, 15) is 0 Å². The van der Waals surface area contributed by atoms with E-state index in [-0.39, 0.29) is 0 Å². The van der Waals surface area contributed by atoms with Gasteiger partial charge in [0, 0.05) is 23.5 Å². The van der Waals surface area contributed by atoms with Gasteiger partial charge in [-0.05, 0) is 30.2 Å². The molecule has 3 rings (SSSR count). The SMILES string of the molecule is CCCNc1nc(NCc2ccccc2Cl)nc2ccccc12. The zero-order valence-corrected chi connectivity index (χ0v) is 13.8. The summed E-state index contributed by atoms with van der Waals surface area (Å²) in [5.74, 6) is 1.46. The molecule has 0 atom stereocenters. The lowest BCUT2D eigenvalue weighted by Gasteiger charge is -2.12. The molecule has 1 heterocycles. The first-order valence-corrected chi connectivity index (χ1v) is 8.13. The molecule has 0 radical (unpaired) electrons. The predicted molar refractivity (Wildman–Crippen MR) is 97.1 cm³/mol. The molecule has 0 aliphatic heterocycles. The Balaban J connectivity index is 1.87. The van der Waals surface area contributed by atoms with E-state index in [4.69, 9.17) is 11.6 Å². The van der Waals surface area contributed by atoms with Gasteiger partial charge in [-0.3, -0.25) is 0 Å². The van der Waals surface area contributed by atoms with Crippen LogP contribution in [-0.4, -0.2) is 16.5 Å². The largest absolute Gasteiger partial charge is 0.369 e. The van der Waals surface area contributed by atoms with Crippen LogP contribution in [0.25, 0.3) is 10.9 Å². The van der Waals surface area contributed by atoms with Gasteiger partial charge in [0.15, 0.2) is 0 Å². The molecule has 1 aromatic heterocycles. The number of hydrogen-bond donors (Lipinski definition) is 2. The van der Waals surface area contributed by atoms with Crippen LogP contribution < -0.4 is 10.6 Å². The fourth-order valence-corrected chi connectivity index (χ4v) is 2.55. The first-order valence-electron chi connectivity index (χ1n) is 7.76. The van der Waals surface area contributed by atoms with Crippen LogP contribution in [0, 0.1) is 0 Å². The summed E-state index contributed by atoms with van der Waals surface area (Å²) in [4.78, 5) is 9.19. The van der Waals surface area contributed by atoms with Crippen LogP contribution in [0.3, 0.4) is 0 Å². The first kappa shape index (κ1) is 15.6. The average molecular weight is 327 g/mol. The van der Waals surface area contributed by atoms with Crippen molar-refractivity contribution < 1.29 is 0 Å². The van der Waals surface area contributed by atoms with Crippen LogP contribution >= 0.6 is 11.6 Å². The van der Waals surface area contributed by atoms with Crippen molar-refractivity contribution >= 4 is 34.3 Å². The molecule has 0 amide bonds. The fourth-order valence-electron chi connectivity index (χ4n) is 2.35. The Bertz CT molecular complexity index is 804. The maximum Gasteiger partial charge on any atom is 0.225 e. The smallest absolute Gasteiger partial charge is 0.225 e. The second-order valence-electron chi connectivity index (χ2n) is 5.28. The van der Waals surface area contributed by atoms with Crippen molar-refractivity contribution in [1.82, 2.24) is 9.97 Å². The Morgan fingerprint density at radius 1 is 0.957 bits per heavy atom. The molecule has 0 unspecified atom stereocenters. The van der Waals surface area contributed by atoms with Crippen molar-refractivity contribution in [3.8, 4) is 0 Å². The van der Waals surface area contributed by atoms with Gasteiger partial charge in [-0.25, -0.2) is 4.98 Å². The Labute approximate surface area is 140 Å². The second kappa shape index (κ2) is 7.29. The van der Waals surface area contributed by atoms with Crippen molar-refractivity contribution in [2.75, 3.05) is 17.2 Å². The molecule has 0 aliphatic rings. The Morgan fingerprint density at radius 3 is 2.57 bits per heavy atom. The number of halogens is 1. The Hall–Kier alpha value is -2.33. The minimum Gasteiger partial charge on any atom is -0.369 e. The lowest BCUT2D eigenvalue weighted by Crippen LogP contribution is -2.08. The third-order valence-electron chi connectivity index (χ3n) is 3.54. The van der Waals surface area contributed by atoms with Gasteiger partial charge in [-0.1, -0.05) is 48.9 Å². The van der Waals surface area contributed by atoms with E-state index >= 15 is 0 Å². The average Bonchev–Trinajstić information content (AvgIpc) is 2.59. The third kappa shape index (κ3) is 3.71. The summed E-state index contributed by atoms with van der Waals surface area (Å²) in [6, 6.07) is 15.8. The van der Waals surface area contributed by atoms with E-state index in [0.717, 1.165) is 40.3 Å². The Morgan fingerprint density at radius 2 is 1.74 bits per heavy atom. The van der Waals surface area contributed by atoms with Crippen LogP contribution in [0.1, 0.15) is 18.9 Å². The highest BCUT2D eigenvalue weighted by molar-refractivity contribution is 6.31.